The maximum absolute atomic E-state index is 10.8. The second-order valence-corrected chi connectivity index (χ2v) is 7.42. The molecule has 0 radical (unpaired) electrons. The summed E-state index contributed by atoms with van der Waals surface area (Å²) < 4.78 is 11.3. The fourth-order valence-corrected chi connectivity index (χ4v) is 3.16. The molecule has 4 aromatic rings. The maximum atomic E-state index is 10.8. The maximum Gasteiger partial charge on any atom is 0.153 e. The highest BCUT2D eigenvalue weighted by Crippen LogP contribution is 2.26. The van der Waals surface area contributed by atoms with Crippen LogP contribution in [0.25, 0.3) is 0 Å². The molecule has 0 heterocycles. The van der Waals surface area contributed by atoms with Crippen molar-refractivity contribution < 1.29 is 19.4 Å². The van der Waals surface area contributed by atoms with Gasteiger partial charge in [0.25, 0.3) is 0 Å². The third-order valence-electron chi connectivity index (χ3n) is 4.98. The molecule has 1 N–H and O–H groups in total. The van der Waals surface area contributed by atoms with Gasteiger partial charge in [-0.05, 0) is 29.3 Å². The van der Waals surface area contributed by atoms with Gasteiger partial charge in [-0.25, -0.2) is 0 Å². The number of hydrogen-bond acceptors (Lipinski definition) is 4. The summed E-state index contributed by atoms with van der Waals surface area (Å²) in [5, 5.41) is 9.81. The molecule has 0 aromatic heterocycles. The molecule has 0 amide bonds. The molecule has 4 aromatic carbocycles. The first kappa shape index (κ1) is 24.5. The average Bonchev–Trinajstić information content (AvgIpc) is 2.92. The van der Waals surface area contributed by atoms with Gasteiger partial charge in [-0.15, -0.1) is 6.58 Å². The number of aliphatic hydroxyl groups is 1. The van der Waals surface area contributed by atoms with Crippen LogP contribution in [0.4, 0.5) is 0 Å². The highest BCUT2D eigenvalue weighted by molar-refractivity contribution is 5.79. The van der Waals surface area contributed by atoms with Crippen molar-refractivity contribution in [1.29, 1.82) is 0 Å². The lowest BCUT2D eigenvalue weighted by Gasteiger charge is -2.13. The third kappa shape index (κ3) is 7.47. The zero-order valence-corrected chi connectivity index (χ0v) is 18.9. The normalized spacial score (nSPS) is 10.9. The molecule has 0 fully saturated rings. The number of carbonyl (C=O) groups is 1. The van der Waals surface area contributed by atoms with Crippen LogP contribution in [0.5, 0.6) is 11.5 Å². The van der Waals surface area contributed by atoms with Crippen molar-refractivity contribution in [3.8, 4) is 11.5 Å². The molecule has 0 aliphatic heterocycles. The van der Waals surface area contributed by atoms with Crippen molar-refractivity contribution in [2.24, 2.45) is 0 Å². The topological polar surface area (TPSA) is 55.8 Å². The SMILES string of the molecule is C=CC(O)c1ccccc1OCc1ccccc1.O=Cc1ccccc1OCc1ccccc1. The number of aldehydes is 1. The minimum Gasteiger partial charge on any atom is -0.489 e. The summed E-state index contributed by atoms with van der Waals surface area (Å²) in [7, 11) is 0. The zero-order valence-electron chi connectivity index (χ0n) is 18.9. The van der Waals surface area contributed by atoms with Crippen LogP contribution < -0.4 is 9.47 Å². The van der Waals surface area contributed by atoms with Gasteiger partial charge in [0.1, 0.15) is 30.8 Å². The van der Waals surface area contributed by atoms with Crippen LogP contribution in [0.1, 0.15) is 33.2 Å². The molecular formula is C30H28O4. The lowest BCUT2D eigenvalue weighted by Crippen LogP contribution is -2.01. The van der Waals surface area contributed by atoms with Gasteiger partial charge in [-0.3, -0.25) is 4.79 Å². The lowest BCUT2D eigenvalue weighted by molar-refractivity contribution is 0.111. The molecule has 0 saturated heterocycles. The molecule has 0 spiro atoms. The number of aliphatic hydroxyl groups excluding tert-OH is 1. The summed E-state index contributed by atoms with van der Waals surface area (Å²) in [5.74, 6) is 1.31. The Morgan fingerprint density at radius 2 is 1.15 bits per heavy atom. The molecule has 4 nitrogen and oxygen atoms in total. The Hall–Kier alpha value is -4.15. The van der Waals surface area contributed by atoms with Crippen LogP contribution in [0.2, 0.25) is 0 Å². The quantitative estimate of drug-likeness (QED) is 0.231. The highest BCUT2D eigenvalue weighted by Gasteiger charge is 2.09. The van der Waals surface area contributed by atoms with E-state index in [0.717, 1.165) is 23.0 Å². The molecule has 0 saturated carbocycles. The van der Waals surface area contributed by atoms with Crippen LogP contribution in [0.3, 0.4) is 0 Å². The van der Waals surface area contributed by atoms with Gasteiger partial charge < -0.3 is 14.6 Å². The molecule has 0 aliphatic carbocycles. The number of hydrogen-bond donors (Lipinski definition) is 1. The van der Waals surface area contributed by atoms with Gasteiger partial charge in [0.2, 0.25) is 0 Å². The Labute approximate surface area is 200 Å². The van der Waals surface area contributed by atoms with Gasteiger partial charge in [0.05, 0.1) is 5.56 Å². The van der Waals surface area contributed by atoms with Crippen molar-refractivity contribution in [2.75, 3.05) is 0 Å². The summed E-state index contributed by atoms with van der Waals surface area (Å²) in [6, 6.07) is 34.5. The molecule has 34 heavy (non-hydrogen) atoms. The van der Waals surface area contributed by atoms with Gasteiger partial charge >= 0.3 is 0 Å². The molecule has 4 rings (SSSR count). The predicted molar refractivity (Wildman–Crippen MR) is 135 cm³/mol. The molecule has 1 unspecified atom stereocenters. The second-order valence-electron chi connectivity index (χ2n) is 7.42. The zero-order chi connectivity index (χ0) is 24.0. The Bertz CT molecular complexity index is 1160. The van der Waals surface area contributed by atoms with Crippen LogP contribution in [-0.2, 0) is 13.2 Å². The van der Waals surface area contributed by atoms with E-state index >= 15 is 0 Å². The van der Waals surface area contributed by atoms with E-state index < -0.39 is 6.10 Å². The fourth-order valence-electron chi connectivity index (χ4n) is 3.16. The van der Waals surface area contributed by atoms with Crippen molar-refractivity contribution in [2.45, 2.75) is 19.3 Å². The largest absolute Gasteiger partial charge is 0.489 e. The first-order valence-corrected chi connectivity index (χ1v) is 11.0. The lowest BCUT2D eigenvalue weighted by atomic mass is 10.1. The predicted octanol–water partition coefficient (Wildman–Crippen LogP) is 6.56. The van der Waals surface area contributed by atoms with Crippen molar-refractivity contribution >= 4 is 6.29 Å². The molecule has 4 heteroatoms. The summed E-state index contributed by atoms with van der Waals surface area (Å²) in [6.07, 6.45) is 1.60. The Morgan fingerprint density at radius 3 is 1.71 bits per heavy atom. The second kappa shape index (κ2) is 13.4. The average molecular weight is 453 g/mol. The Morgan fingerprint density at radius 1 is 0.676 bits per heavy atom. The van der Waals surface area contributed by atoms with E-state index in [-0.39, 0.29) is 0 Å². The summed E-state index contributed by atoms with van der Waals surface area (Å²) in [4.78, 5) is 10.8. The molecule has 0 bridgehead atoms. The number of para-hydroxylation sites is 2. The van der Waals surface area contributed by atoms with Crippen molar-refractivity contribution in [3.63, 3.8) is 0 Å². The number of benzene rings is 4. The van der Waals surface area contributed by atoms with E-state index in [1.54, 1.807) is 12.1 Å². The summed E-state index contributed by atoms with van der Waals surface area (Å²) in [6.45, 7) is 4.56. The molecular weight excluding hydrogens is 424 g/mol. The van der Waals surface area contributed by atoms with E-state index in [9.17, 15) is 9.90 Å². The third-order valence-corrected chi connectivity index (χ3v) is 4.98. The fraction of sp³-hybridized carbons (Fsp3) is 0.100. The smallest absolute Gasteiger partial charge is 0.153 e. The molecule has 1 atom stereocenters. The summed E-state index contributed by atoms with van der Waals surface area (Å²) in [5.41, 5.74) is 3.51. The number of rotatable bonds is 9. The van der Waals surface area contributed by atoms with Crippen LogP contribution in [-0.4, -0.2) is 11.4 Å². The van der Waals surface area contributed by atoms with Gasteiger partial charge in [-0.2, -0.15) is 0 Å². The van der Waals surface area contributed by atoms with Crippen LogP contribution in [0.15, 0.2) is 122 Å². The Kier molecular flexibility index (Phi) is 9.66. The minimum atomic E-state index is -0.697. The van der Waals surface area contributed by atoms with Gasteiger partial charge in [0, 0.05) is 5.56 Å². The van der Waals surface area contributed by atoms with Gasteiger partial charge in [0.15, 0.2) is 6.29 Å². The van der Waals surface area contributed by atoms with Crippen molar-refractivity contribution in [1.82, 2.24) is 0 Å². The van der Waals surface area contributed by atoms with Gasteiger partial charge in [-0.1, -0.05) is 97.1 Å². The van der Waals surface area contributed by atoms with E-state index in [4.69, 9.17) is 9.47 Å². The molecule has 172 valence electrons. The number of ether oxygens (including phenoxy) is 2. The first-order valence-electron chi connectivity index (χ1n) is 11.0. The first-order chi connectivity index (χ1) is 16.7. The van der Waals surface area contributed by atoms with E-state index in [1.165, 1.54) is 6.08 Å². The minimum absolute atomic E-state index is 0.478. The van der Waals surface area contributed by atoms with E-state index in [2.05, 4.69) is 6.58 Å². The summed E-state index contributed by atoms with van der Waals surface area (Å²) >= 11 is 0. The molecule has 0 aliphatic rings. The monoisotopic (exact) mass is 452 g/mol. The van der Waals surface area contributed by atoms with E-state index in [1.807, 2.05) is 97.1 Å². The number of carbonyl (C=O) groups excluding carboxylic acids is 1. The van der Waals surface area contributed by atoms with E-state index in [0.29, 0.717) is 30.3 Å². The van der Waals surface area contributed by atoms with Crippen molar-refractivity contribution in [3.05, 3.63) is 144 Å². The van der Waals surface area contributed by atoms with Crippen LogP contribution >= 0.6 is 0 Å². The standard InChI is InChI=1S/C16H16O2.C14H12O2/c1-2-15(17)14-10-6-7-11-16(14)18-12-13-8-4-3-5-9-13;15-10-13-8-4-5-9-14(13)16-11-12-6-2-1-3-7-12/h2-11,15,17H,1,12H2;1-10H,11H2. The Balaban J connectivity index is 0.000000192. The highest BCUT2D eigenvalue weighted by atomic mass is 16.5. The van der Waals surface area contributed by atoms with Crippen LogP contribution in [0, 0.1) is 0 Å².